The molecule has 2 rings (SSSR count). The van der Waals surface area contributed by atoms with Crippen LogP contribution in [0.15, 0.2) is 24.3 Å². The number of amides is 2. The predicted octanol–water partition coefficient (Wildman–Crippen LogP) is 1.91. The van der Waals surface area contributed by atoms with Gasteiger partial charge in [0.25, 0.3) is 0 Å². The Balaban J connectivity index is 2.09. The average molecular weight is 347 g/mol. The molecule has 3 N–H and O–H groups in total. The van der Waals surface area contributed by atoms with Crippen LogP contribution in [0.1, 0.15) is 51.6 Å². The molecule has 0 aromatic heterocycles. The zero-order valence-corrected chi connectivity index (χ0v) is 15.3. The van der Waals surface area contributed by atoms with Crippen molar-refractivity contribution in [1.82, 2.24) is 16.0 Å². The second-order valence-electron chi connectivity index (χ2n) is 6.49. The molecular weight excluding hydrogens is 318 g/mol. The van der Waals surface area contributed by atoms with E-state index >= 15 is 0 Å². The van der Waals surface area contributed by atoms with Gasteiger partial charge >= 0.3 is 0 Å². The fraction of sp³-hybridized carbons (Fsp3) is 0.579. The highest BCUT2D eigenvalue weighted by molar-refractivity contribution is 5.79. The van der Waals surface area contributed by atoms with Crippen LogP contribution in [0.3, 0.4) is 0 Å². The molecule has 1 saturated heterocycles. The number of carbonyl (C=O) groups excluding carboxylic acids is 2. The maximum Gasteiger partial charge on any atom is 0.222 e. The second kappa shape index (κ2) is 9.42. The van der Waals surface area contributed by atoms with Crippen LogP contribution in [-0.2, 0) is 9.59 Å². The average Bonchev–Trinajstić information content (AvgIpc) is 2.57. The molecule has 0 aliphatic carbocycles. The largest absolute Gasteiger partial charge is 0.494 e. The van der Waals surface area contributed by atoms with Crippen LogP contribution in [0, 0.1) is 0 Å². The molecule has 0 spiro atoms. The van der Waals surface area contributed by atoms with Crippen molar-refractivity contribution in [1.29, 1.82) is 0 Å². The Hall–Kier alpha value is -2.08. The smallest absolute Gasteiger partial charge is 0.222 e. The molecule has 1 aliphatic rings. The van der Waals surface area contributed by atoms with Crippen molar-refractivity contribution in [3.05, 3.63) is 29.8 Å². The van der Waals surface area contributed by atoms with Gasteiger partial charge < -0.3 is 20.7 Å². The number of nitrogens with one attached hydrogen (secondary N) is 3. The van der Waals surface area contributed by atoms with Crippen LogP contribution in [0.5, 0.6) is 5.75 Å². The van der Waals surface area contributed by atoms with Gasteiger partial charge in [-0.25, -0.2) is 0 Å². The summed E-state index contributed by atoms with van der Waals surface area (Å²) in [5, 5.41) is 9.35. The molecule has 6 nitrogen and oxygen atoms in total. The van der Waals surface area contributed by atoms with Gasteiger partial charge in [-0.3, -0.25) is 9.59 Å². The quantitative estimate of drug-likeness (QED) is 0.704. The van der Waals surface area contributed by atoms with Gasteiger partial charge in [-0.2, -0.15) is 0 Å². The molecule has 1 aromatic rings. The number of para-hydroxylation sites is 1. The topological polar surface area (TPSA) is 79.5 Å². The standard InChI is InChI=1S/C19H29N3O3/c1-4-25-18-10-6-5-8-15(18)17(21-14(3)23)12-19(24)22-16-9-7-11-20-13(16)2/h5-6,8,10,13,16-17,20H,4,7,9,11-12H2,1-3H3,(H,21,23)(H,22,24). The number of benzene rings is 1. The zero-order chi connectivity index (χ0) is 18.2. The van der Waals surface area contributed by atoms with Crippen molar-refractivity contribution >= 4 is 11.8 Å². The van der Waals surface area contributed by atoms with Crippen molar-refractivity contribution in [3.8, 4) is 5.75 Å². The van der Waals surface area contributed by atoms with Gasteiger partial charge in [0.2, 0.25) is 11.8 Å². The normalized spacial score (nSPS) is 21.2. The monoisotopic (exact) mass is 347 g/mol. The van der Waals surface area contributed by atoms with Crippen LogP contribution in [0.25, 0.3) is 0 Å². The highest BCUT2D eigenvalue weighted by Gasteiger charge is 2.25. The van der Waals surface area contributed by atoms with E-state index in [0.717, 1.165) is 24.9 Å². The van der Waals surface area contributed by atoms with Crippen molar-refractivity contribution < 1.29 is 14.3 Å². The van der Waals surface area contributed by atoms with E-state index < -0.39 is 6.04 Å². The Kier molecular flexibility index (Phi) is 7.25. The van der Waals surface area contributed by atoms with E-state index in [1.54, 1.807) is 0 Å². The summed E-state index contributed by atoms with van der Waals surface area (Å²) in [5.41, 5.74) is 0.824. The van der Waals surface area contributed by atoms with Crippen molar-refractivity contribution in [2.75, 3.05) is 13.2 Å². The molecular formula is C19H29N3O3. The fourth-order valence-electron chi connectivity index (χ4n) is 3.23. The van der Waals surface area contributed by atoms with Crippen LogP contribution >= 0.6 is 0 Å². The third kappa shape index (κ3) is 5.74. The Morgan fingerprint density at radius 2 is 2.12 bits per heavy atom. The number of piperidine rings is 1. The van der Waals surface area contributed by atoms with Crippen molar-refractivity contribution in [2.45, 2.75) is 58.2 Å². The Bertz CT molecular complexity index is 591. The Morgan fingerprint density at radius 3 is 2.80 bits per heavy atom. The third-order valence-electron chi connectivity index (χ3n) is 4.47. The van der Waals surface area contributed by atoms with E-state index in [0.29, 0.717) is 12.4 Å². The lowest BCUT2D eigenvalue weighted by atomic mass is 9.98. The van der Waals surface area contributed by atoms with Gasteiger partial charge in [0, 0.05) is 24.6 Å². The zero-order valence-electron chi connectivity index (χ0n) is 15.3. The fourth-order valence-corrected chi connectivity index (χ4v) is 3.23. The molecule has 1 fully saturated rings. The summed E-state index contributed by atoms with van der Waals surface area (Å²) < 4.78 is 5.66. The van der Waals surface area contributed by atoms with Crippen LogP contribution in [-0.4, -0.2) is 37.0 Å². The molecule has 3 unspecified atom stereocenters. The summed E-state index contributed by atoms with van der Waals surface area (Å²) in [7, 11) is 0. The molecule has 1 aromatic carbocycles. The van der Waals surface area contributed by atoms with Gasteiger partial charge in [-0.15, -0.1) is 0 Å². The minimum Gasteiger partial charge on any atom is -0.494 e. The molecule has 6 heteroatoms. The lowest BCUT2D eigenvalue weighted by molar-refractivity contribution is -0.123. The summed E-state index contributed by atoms with van der Waals surface area (Å²) in [6.07, 6.45) is 2.21. The molecule has 3 atom stereocenters. The van der Waals surface area contributed by atoms with Crippen LogP contribution in [0.4, 0.5) is 0 Å². The summed E-state index contributed by atoms with van der Waals surface area (Å²) in [6.45, 7) is 6.97. The van der Waals surface area contributed by atoms with Crippen LogP contribution < -0.4 is 20.7 Å². The summed E-state index contributed by atoms with van der Waals surface area (Å²) in [4.78, 5) is 24.2. The molecule has 138 valence electrons. The number of ether oxygens (including phenoxy) is 1. The molecule has 0 bridgehead atoms. The lowest BCUT2D eigenvalue weighted by Crippen LogP contribution is -2.52. The van der Waals surface area contributed by atoms with Gasteiger partial charge in [0.15, 0.2) is 0 Å². The van der Waals surface area contributed by atoms with Gasteiger partial charge in [-0.1, -0.05) is 18.2 Å². The van der Waals surface area contributed by atoms with E-state index in [1.807, 2.05) is 31.2 Å². The number of hydrogen-bond acceptors (Lipinski definition) is 4. The van der Waals surface area contributed by atoms with Gasteiger partial charge in [-0.05, 0) is 39.3 Å². The van der Waals surface area contributed by atoms with E-state index in [-0.39, 0.29) is 30.3 Å². The van der Waals surface area contributed by atoms with E-state index in [4.69, 9.17) is 4.74 Å². The summed E-state index contributed by atoms with van der Waals surface area (Å²) >= 11 is 0. The maximum absolute atomic E-state index is 12.6. The predicted molar refractivity (Wildman–Crippen MR) is 97.4 cm³/mol. The number of hydrogen-bond donors (Lipinski definition) is 3. The first kappa shape index (κ1) is 19.2. The molecule has 25 heavy (non-hydrogen) atoms. The molecule has 1 heterocycles. The SMILES string of the molecule is CCOc1ccccc1C(CC(=O)NC1CCCNC1C)NC(C)=O. The molecule has 2 amide bonds. The van der Waals surface area contributed by atoms with Crippen molar-refractivity contribution in [3.63, 3.8) is 0 Å². The third-order valence-corrected chi connectivity index (χ3v) is 4.47. The first-order valence-electron chi connectivity index (χ1n) is 9.02. The van der Waals surface area contributed by atoms with Crippen LogP contribution in [0.2, 0.25) is 0 Å². The highest BCUT2D eigenvalue weighted by Crippen LogP contribution is 2.27. The molecule has 1 aliphatic heterocycles. The highest BCUT2D eigenvalue weighted by atomic mass is 16.5. The number of carbonyl (C=O) groups is 2. The van der Waals surface area contributed by atoms with Crippen molar-refractivity contribution in [2.24, 2.45) is 0 Å². The van der Waals surface area contributed by atoms with Gasteiger partial charge in [0.1, 0.15) is 5.75 Å². The minimum atomic E-state index is -0.410. The first-order valence-corrected chi connectivity index (χ1v) is 9.02. The van der Waals surface area contributed by atoms with E-state index in [9.17, 15) is 9.59 Å². The molecule has 0 saturated carbocycles. The Labute approximate surface area is 149 Å². The van der Waals surface area contributed by atoms with Gasteiger partial charge in [0.05, 0.1) is 19.1 Å². The summed E-state index contributed by atoms with van der Waals surface area (Å²) in [5.74, 6) is 0.464. The molecule has 0 radical (unpaired) electrons. The lowest BCUT2D eigenvalue weighted by Gasteiger charge is -2.31. The minimum absolute atomic E-state index is 0.0643. The van der Waals surface area contributed by atoms with E-state index in [2.05, 4.69) is 22.9 Å². The van der Waals surface area contributed by atoms with E-state index in [1.165, 1.54) is 6.92 Å². The second-order valence-corrected chi connectivity index (χ2v) is 6.49. The Morgan fingerprint density at radius 1 is 1.36 bits per heavy atom. The number of rotatable bonds is 7. The first-order chi connectivity index (χ1) is 12.0. The summed E-state index contributed by atoms with van der Waals surface area (Å²) in [6, 6.07) is 7.50. The maximum atomic E-state index is 12.6.